The first kappa shape index (κ1) is 22.7. The summed E-state index contributed by atoms with van der Waals surface area (Å²) in [5.41, 5.74) is 5.82. The number of hydrogen-bond donors (Lipinski definition) is 0. The van der Waals surface area contributed by atoms with Crippen LogP contribution in [0.5, 0.6) is 5.75 Å². The van der Waals surface area contributed by atoms with Gasteiger partial charge >= 0.3 is 6.61 Å². The highest BCUT2D eigenvalue weighted by Gasteiger charge is 2.46. The number of halogens is 2. The third-order valence-corrected chi connectivity index (χ3v) is 10.2. The molecular weight excluding hydrogens is 497 g/mol. The van der Waals surface area contributed by atoms with Crippen LogP contribution in [0.1, 0.15) is 58.4 Å². The van der Waals surface area contributed by atoms with Crippen LogP contribution < -0.4 is 10.3 Å². The zero-order valence-corrected chi connectivity index (χ0v) is 20.9. The second-order valence-electron chi connectivity index (χ2n) is 9.68. The van der Waals surface area contributed by atoms with E-state index in [0.717, 1.165) is 27.9 Å². The van der Waals surface area contributed by atoms with Crippen molar-refractivity contribution in [2.75, 3.05) is 19.4 Å². The minimum absolute atomic E-state index is 0.0271. The monoisotopic (exact) mass is 520 g/mol. The Morgan fingerprint density at radius 1 is 1.11 bits per heavy atom. The predicted octanol–water partition coefficient (Wildman–Crippen LogP) is 4.35. The Morgan fingerprint density at radius 3 is 2.65 bits per heavy atom. The number of ether oxygens (including phenoxy) is 1. The van der Waals surface area contributed by atoms with Crippen molar-refractivity contribution >= 4 is 24.9 Å². The van der Waals surface area contributed by atoms with Crippen LogP contribution in [0.4, 0.5) is 8.78 Å². The molecule has 8 nitrogen and oxygen atoms in total. The van der Waals surface area contributed by atoms with Gasteiger partial charge in [0, 0.05) is 47.6 Å². The number of nitrogens with zero attached hydrogens (tertiary/aromatic N) is 6. The van der Waals surface area contributed by atoms with Crippen molar-refractivity contribution < 1.29 is 18.3 Å². The van der Waals surface area contributed by atoms with Crippen molar-refractivity contribution in [3.63, 3.8) is 0 Å². The molecule has 4 aromatic rings. The predicted molar refractivity (Wildman–Crippen MR) is 134 cm³/mol. The molecule has 37 heavy (non-hydrogen) atoms. The van der Waals surface area contributed by atoms with E-state index >= 15 is 0 Å². The molecule has 2 unspecified atom stereocenters. The number of aromatic nitrogens is 5. The summed E-state index contributed by atoms with van der Waals surface area (Å²) in [6.45, 7) is -2.99. The molecule has 1 aliphatic carbocycles. The molecule has 2 aliphatic heterocycles. The Labute approximate surface area is 212 Å². The molecule has 3 aliphatic rings. The average Bonchev–Trinajstić information content (AvgIpc) is 3.62. The van der Waals surface area contributed by atoms with Gasteiger partial charge in [0.15, 0.2) is 0 Å². The minimum Gasteiger partial charge on any atom is -0.434 e. The van der Waals surface area contributed by atoms with Crippen LogP contribution in [0, 0.1) is 0 Å². The molecule has 1 aromatic carbocycles. The van der Waals surface area contributed by atoms with Gasteiger partial charge in [0.1, 0.15) is 17.6 Å². The summed E-state index contributed by atoms with van der Waals surface area (Å²) in [4.78, 5) is 28.8. The standard InChI is InChI=1S/C26H23F2N6O2P/c1-33-19-9-16(21-15(24(33)35)5-4-6-20(21)36-25(27)28)22-18-10-17(31-13-34(18)32-23(19)22)14-11-29-26(30-12-14)37-7-2-3-8-37/h4-6,10-13,16,19,25H,2-3,7-9H2,1H3. The van der Waals surface area contributed by atoms with Crippen molar-refractivity contribution in [2.24, 2.45) is 0 Å². The summed E-state index contributed by atoms with van der Waals surface area (Å²) in [6.07, 6.45) is 10.7. The molecule has 3 aromatic heterocycles. The van der Waals surface area contributed by atoms with Crippen LogP contribution in [-0.2, 0) is 0 Å². The molecule has 0 N–H and O–H groups in total. The van der Waals surface area contributed by atoms with E-state index in [9.17, 15) is 13.6 Å². The molecule has 5 heterocycles. The second-order valence-corrected chi connectivity index (χ2v) is 12.1. The third-order valence-electron chi connectivity index (χ3n) is 7.69. The van der Waals surface area contributed by atoms with Gasteiger partial charge in [0.2, 0.25) is 0 Å². The number of amides is 1. The van der Waals surface area contributed by atoms with Gasteiger partial charge in [-0.1, -0.05) is 6.07 Å². The number of hydrogen-bond acceptors (Lipinski definition) is 6. The second kappa shape index (κ2) is 8.52. The van der Waals surface area contributed by atoms with Crippen LogP contribution in [-0.4, -0.2) is 61.4 Å². The molecule has 188 valence electrons. The maximum absolute atomic E-state index is 13.3. The van der Waals surface area contributed by atoms with Gasteiger partial charge in [-0.2, -0.15) is 13.9 Å². The summed E-state index contributed by atoms with van der Waals surface area (Å²) in [6, 6.07) is 6.42. The fraction of sp³-hybridized carbons (Fsp3) is 0.346. The maximum Gasteiger partial charge on any atom is 0.387 e. The maximum atomic E-state index is 13.3. The highest BCUT2D eigenvalue weighted by Crippen LogP contribution is 2.53. The van der Waals surface area contributed by atoms with Crippen molar-refractivity contribution in [2.45, 2.75) is 37.8 Å². The van der Waals surface area contributed by atoms with E-state index in [1.807, 2.05) is 18.5 Å². The Bertz CT molecular complexity index is 1540. The fourth-order valence-corrected chi connectivity index (χ4v) is 8.24. The molecule has 2 atom stereocenters. The molecular formula is C26H23F2N6O2P. The van der Waals surface area contributed by atoms with E-state index in [4.69, 9.17) is 9.84 Å². The lowest BCUT2D eigenvalue weighted by Crippen LogP contribution is -2.30. The highest BCUT2D eigenvalue weighted by atomic mass is 31.1. The van der Waals surface area contributed by atoms with Crippen molar-refractivity contribution in [3.05, 3.63) is 65.4 Å². The van der Waals surface area contributed by atoms with Gasteiger partial charge in [-0.05, 0) is 57.7 Å². The summed E-state index contributed by atoms with van der Waals surface area (Å²) < 4.78 is 33.2. The van der Waals surface area contributed by atoms with Crippen molar-refractivity contribution in [3.8, 4) is 17.0 Å². The first-order valence-corrected chi connectivity index (χ1v) is 14.0. The molecule has 0 saturated carbocycles. The summed E-state index contributed by atoms with van der Waals surface area (Å²) in [7, 11) is 1.48. The molecule has 1 fully saturated rings. The smallest absolute Gasteiger partial charge is 0.387 e. The quantitative estimate of drug-likeness (QED) is 0.372. The average molecular weight is 520 g/mol. The lowest BCUT2D eigenvalue weighted by atomic mass is 9.88. The van der Waals surface area contributed by atoms with Crippen LogP contribution in [0.25, 0.3) is 16.8 Å². The zero-order chi connectivity index (χ0) is 25.3. The van der Waals surface area contributed by atoms with Gasteiger partial charge in [-0.25, -0.2) is 19.5 Å². The molecule has 1 saturated heterocycles. The van der Waals surface area contributed by atoms with Gasteiger partial charge in [0.25, 0.3) is 5.91 Å². The van der Waals surface area contributed by atoms with Gasteiger partial charge in [-0.15, -0.1) is 0 Å². The van der Waals surface area contributed by atoms with Gasteiger partial charge < -0.3 is 9.64 Å². The van der Waals surface area contributed by atoms with E-state index in [1.54, 1.807) is 34.9 Å². The Morgan fingerprint density at radius 2 is 1.89 bits per heavy atom. The molecule has 11 heteroatoms. The van der Waals surface area contributed by atoms with E-state index in [0.29, 0.717) is 23.2 Å². The van der Waals surface area contributed by atoms with Crippen molar-refractivity contribution in [1.29, 1.82) is 0 Å². The number of carbonyl (C=O) groups excluding carboxylic acids is 1. The largest absolute Gasteiger partial charge is 0.434 e. The van der Waals surface area contributed by atoms with Crippen LogP contribution in [0.2, 0.25) is 0 Å². The number of fused-ring (bicyclic) bond motifs is 9. The summed E-state index contributed by atoms with van der Waals surface area (Å²) >= 11 is 0. The highest BCUT2D eigenvalue weighted by molar-refractivity contribution is 7.65. The molecule has 2 bridgehead atoms. The summed E-state index contributed by atoms with van der Waals surface area (Å²) in [5.74, 6) is -0.528. The normalized spacial score (nSPS) is 21.0. The molecule has 0 spiro atoms. The topological polar surface area (TPSA) is 85.5 Å². The van der Waals surface area contributed by atoms with E-state index < -0.39 is 6.61 Å². The zero-order valence-electron chi connectivity index (χ0n) is 20.0. The van der Waals surface area contributed by atoms with Crippen LogP contribution in [0.15, 0.2) is 43.0 Å². The molecule has 0 radical (unpaired) electrons. The number of alkyl halides is 2. The minimum atomic E-state index is -2.99. The van der Waals surface area contributed by atoms with Crippen LogP contribution >= 0.6 is 7.92 Å². The van der Waals surface area contributed by atoms with Gasteiger partial charge in [-0.3, -0.25) is 4.79 Å². The Kier molecular flexibility index (Phi) is 5.22. The van der Waals surface area contributed by atoms with Crippen LogP contribution in [0.3, 0.4) is 0 Å². The first-order valence-electron chi connectivity index (χ1n) is 12.3. The number of carbonyl (C=O) groups is 1. The van der Waals surface area contributed by atoms with Gasteiger partial charge in [0.05, 0.1) is 22.9 Å². The number of rotatable bonds is 4. The SMILES string of the molecule is CN1C(=O)c2cccc(OC(F)F)c2C2CC1c1nn3cnc(-c4cnc(P5CCCC5)nc4)cc3c12. The van der Waals surface area contributed by atoms with E-state index in [-0.39, 0.29) is 31.5 Å². The third kappa shape index (κ3) is 3.53. The van der Waals surface area contributed by atoms with E-state index in [2.05, 4.69) is 15.0 Å². The lowest BCUT2D eigenvalue weighted by molar-refractivity contribution is -0.0505. The first-order chi connectivity index (χ1) is 18.0. The van der Waals surface area contributed by atoms with E-state index in [1.165, 1.54) is 31.2 Å². The fourth-order valence-electron chi connectivity index (χ4n) is 5.97. The molecule has 1 amide bonds. The lowest BCUT2D eigenvalue weighted by Gasteiger charge is -2.23. The Balaban J connectivity index is 1.36. The Hall–Kier alpha value is -3.52. The summed E-state index contributed by atoms with van der Waals surface area (Å²) in [5, 5.41) is 4.77. The van der Waals surface area contributed by atoms with Crippen molar-refractivity contribution in [1.82, 2.24) is 29.5 Å². The number of benzene rings is 1. The molecule has 7 rings (SSSR count).